The SMILES string of the molecule is O=C(Nc1cc(C#CC2CC2)ccc1F)N1CCNCC1. The van der Waals surface area contributed by atoms with E-state index in [0.717, 1.165) is 31.5 Å². The van der Waals surface area contributed by atoms with Crippen LogP contribution in [0.15, 0.2) is 18.2 Å². The average Bonchev–Trinajstić information content (AvgIpc) is 3.33. The summed E-state index contributed by atoms with van der Waals surface area (Å²) in [5.74, 6) is 6.23. The largest absolute Gasteiger partial charge is 0.322 e. The molecule has 0 radical (unpaired) electrons. The van der Waals surface area contributed by atoms with Crippen LogP contribution in [0.5, 0.6) is 0 Å². The summed E-state index contributed by atoms with van der Waals surface area (Å²) in [5, 5.41) is 5.81. The number of hydrogen-bond acceptors (Lipinski definition) is 2. The van der Waals surface area contributed by atoms with Crippen LogP contribution >= 0.6 is 0 Å². The van der Waals surface area contributed by atoms with Crippen LogP contribution in [0.2, 0.25) is 0 Å². The molecule has 1 saturated carbocycles. The number of carbonyl (C=O) groups is 1. The maximum atomic E-state index is 13.8. The summed E-state index contributed by atoms with van der Waals surface area (Å²) in [6, 6.07) is 4.34. The van der Waals surface area contributed by atoms with Crippen LogP contribution in [0.25, 0.3) is 0 Å². The predicted molar refractivity (Wildman–Crippen MR) is 79.5 cm³/mol. The summed E-state index contributed by atoms with van der Waals surface area (Å²) in [4.78, 5) is 13.8. The molecule has 1 aromatic rings. The fourth-order valence-corrected chi connectivity index (χ4v) is 2.17. The molecule has 2 amide bonds. The van der Waals surface area contributed by atoms with Crippen molar-refractivity contribution in [1.82, 2.24) is 10.2 Å². The highest BCUT2D eigenvalue weighted by Gasteiger charge is 2.18. The van der Waals surface area contributed by atoms with Gasteiger partial charge in [0.25, 0.3) is 0 Å². The van der Waals surface area contributed by atoms with Gasteiger partial charge in [0.05, 0.1) is 5.69 Å². The van der Waals surface area contributed by atoms with E-state index in [9.17, 15) is 9.18 Å². The van der Waals surface area contributed by atoms with Crippen molar-refractivity contribution in [3.05, 3.63) is 29.6 Å². The summed E-state index contributed by atoms with van der Waals surface area (Å²) in [7, 11) is 0. The van der Waals surface area contributed by atoms with Crippen molar-refractivity contribution < 1.29 is 9.18 Å². The van der Waals surface area contributed by atoms with E-state index in [1.54, 1.807) is 17.0 Å². The Morgan fingerprint density at radius 3 is 2.81 bits per heavy atom. The molecule has 21 heavy (non-hydrogen) atoms. The van der Waals surface area contributed by atoms with Gasteiger partial charge in [-0.15, -0.1) is 0 Å². The van der Waals surface area contributed by atoms with Gasteiger partial charge in [0.2, 0.25) is 0 Å². The second kappa shape index (κ2) is 6.15. The number of hydrogen-bond donors (Lipinski definition) is 2. The number of urea groups is 1. The third-order valence-electron chi connectivity index (χ3n) is 3.61. The second-order valence-corrected chi connectivity index (χ2v) is 5.41. The Balaban J connectivity index is 1.70. The lowest BCUT2D eigenvalue weighted by atomic mass is 10.2. The van der Waals surface area contributed by atoms with Crippen LogP contribution in [0.4, 0.5) is 14.9 Å². The Kier molecular flexibility index (Phi) is 4.07. The van der Waals surface area contributed by atoms with Crippen molar-refractivity contribution in [3.63, 3.8) is 0 Å². The molecule has 1 aromatic carbocycles. The van der Waals surface area contributed by atoms with E-state index in [1.807, 2.05) is 0 Å². The van der Waals surface area contributed by atoms with Gasteiger partial charge in [-0.2, -0.15) is 0 Å². The highest BCUT2D eigenvalue weighted by molar-refractivity contribution is 5.89. The predicted octanol–water partition coefficient (Wildman–Crippen LogP) is 2.02. The van der Waals surface area contributed by atoms with Crippen LogP contribution in [0.1, 0.15) is 18.4 Å². The molecule has 1 aliphatic heterocycles. The smallest absolute Gasteiger partial charge is 0.322 e. The van der Waals surface area contributed by atoms with E-state index in [4.69, 9.17) is 0 Å². The van der Waals surface area contributed by atoms with E-state index in [-0.39, 0.29) is 11.7 Å². The first-order valence-corrected chi connectivity index (χ1v) is 7.30. The molecular formula is C16H18FN3O. The molecule has 5 heteroatoms. The molecule has 3 rings (SSSR count). The Hall–Kier alpha value is -2.06. The summed E-state index contributed by atoms with van der Waals surface area (Å²) in [6.07, 6.45) is 2.31. The minimum atomic E-state index is -0.435. The van der Waals surface area contributed by atoms with Crippen LogP contribution in [0.3, 0.4) is 0 Å². The summed E-state index contributed by atoms with van der Waals surface area (Å²) in [5.41, 5.74) is 0.931. The molecule has 2 N–H and O–H groups in total. The number of rotatable bonds is 1. The van der Waals surface area contributed by atoms with Gasteiger partial charge in [0.1, 0.15) is 5.82 Å². The molecule has 0 bridgehead atoms. The quantitative estimate of drug-likeness (QED) is 0.776. The maximum Gasteiger partial charge on any atom is 0.322 e. The zero-order valence-corrected chi connectivity index (χ0v) is 11.8. The maximum absolute atomic E-state index is 13.8. The molecular weight excluding hydrogens is 269 g/mol. The van der Waals surface area contributed by atoms with Crippen LogP contribution < -0.4 is 10.6 Å². The third kappa shape index (κ3) is 3.73. The van der Waals surface area contributed by atoms with E-state index in [0.29, 0.717) is 19.0 Å². The van der Waals surface area contributed by atoms with E-state index < -0.39 is 5.82 Å². The number of nitrogens with zero attached hydrogens (tertiary/aromatic N) is 1. The minimum Gasteiger partial charge on any atom is -0.322 e. The molecule has 0 atom stereocenters. The molecule has 110 valence electrons. The first-order chi connectivity index (χ1) is 10.2. The normalized spacial score (nSPS) is 17.9. The molecule has 0 spiro atoms. The van der Waals surface area contributed by atoms with Crippen LogP contribution in [-0.4, -0.2) is 37.1 Å². The van der Waals surface area contributed by atoms with E-state index >= 15 is 0 Å². The van der Waals surface area contributed by atoms with Crippen molar-refractivity contribution in [2.75, 3.05) is 31.5 Å². The average molecular weight is 287 g/mol. The minimum absolute atomic E-state index is 0.195. The summed E-state index contributed by atoms with van der Waals surface area (Å²) in [6.45, 7) is 2.80. The van der Waals surface area contributed by atoms with Crippen molar-refractivity contribution in [3.8, 4) is 11.8 Å². The first-order valence-electron chi connectivity index (χ1n) is 7.30. The van der Waals surface area contributed by atoms with Gasteiger partial charge in [0.15, 0.2) is 0 Å². The van der Waals surface area contributed by atoms with Crippen LogP contribution in [-0.2, 0) is 0 Å². The van der Waals surface area contributed by atoms with Gasteiger partial charge in [-0.25, -0.2) is 9.18 Å². The monoisotopic (exact) mass is 287 g/mol. The highest BCUT2D eigenvalue weighted by Crippen LogP contribution is 2.27. The molecule has 1 aliphatic carbocycles. The van der Waals surface area contributed by atoms with Gasteiger partial charge in [-0.1, -0.05) is 11.8 Å². The summed E-state index contributed by atoms with van der Waals surface area (Å²) >= 11 is 0. The number of piperazine rings is 1. The number of carbonyl (C=O) groups excluding carboxylic acids is 1. The fraction of sp³-hybridized carbons (Fsp3) is 0.438. The molecule has 4 nitrogen and oxygen atoms in total. The van der Waals surface area contributed by atoms with Crippen LogP contribution in [0, 0.1) is 23.6 Å². The molecule has 0 unspecified atom stereocenters. The zero-order valence-electron chi connectivity index (χ0n) is 11.8. The van der Waals surface area contributed by atoms with Gasteiger partial charge < -0.3 is 15.5 Å². The van der Waals surface area contributed by atoms with Crippen molar-refractivity contribution >= 4 is 11.7 Å². The Bertz CT molecular complexity index is 595. The van der Waals surface area contributed by atoms with Crippen molar-refractivity contribution in [1.29, 1.82) is 0 Å². The molecule has 2 fully saturated rings. The third-order valence-corrected chi connectivity index (χ3v) is 3.61. The molecule has 2 aliphatic rings. The van der Waals surface area contributed by atoms with E-state index in [2.05, 4.69) is 22.5 Å². The zero-order chi connectivity index (χ0) is 14.7. The van der Waals surface area contributed by atoms with Crippen molar-refractivity contribution in [2.24, 2.45) is 5.92 Å². The Morgan fingerprint density at radius 2 is 2.10 bits per heavy atom. The van der Waals surface area contributed by atoms with Gasteiger partial charge in [-0.05, 0) is 31.0 Å². The second-order valence-electron chi connectivity index (χ2n) is 5.41. The lowest BCUT2D eigenvalue weighted by Gasteiger charge is -2.27. The molecule has 1 saturated heterocycles. The summed E-state index contributed by atoms with van der Waals surface area (Å²) < 4.78 is 13.8. The number of anilines is 1. The Morgan fingerprint density at radius 1 is 1.33 bits per heavy atom. The number of halogens is 1. The standard InChI is InChI=1S/C16H18FN3O/c17-14-6-5-13(4-3-12-1-2-12)11-15(14)19-16(21)20-9-7-18-8-10-20/h5-6,11-12,18H,1-2,7-10H2,(H,19,21). The number of benzene rings is 1. The molecule has 1 heterocycles. The highest BCUT2D eigenvalue weighted by atomic mass is 19.1. The lowest BCUT2D eigenvalue weighted by molar-refractivity contribution is 0.203. The molecule has 0 aromatic heterocycles. The number of nitrogens with one attached hydrogen (secondary N) is 2. The number of amides is 2. The fourth-order valence-electron chi connectivity index (χ4n) is 2.17. The lowest BCUT2D eigenvalue weighted by Crippen LogP contribution is -2.48. The van der Waals surface area contributed by atoms with E-state index in [1.165, 1.54) is 6.07 Å². The van der Waals surface area contributed by atoms with Gasteiger partial charge in [-0.3, -0.25) is 0 Å². The van der Waals surface area contributed by atoms with Crippen molar-refractivity contribution in [2.45, 2.75) is 12.8 Å². The Labute approximate surface area is 123 Å². The van der Waals surface area contributed by atoms with Gasteiger partial charge in [0, 0.05) is 37.7 Å². The van der Waals surface area contributed by atoms with Gasteiger partial charge >= 0.3 is 6.03 Å². The topological polar surface area (TPSA) is 44.4 Å². The first kappa shape index (κ1) is 13.9.